The van der Waals surface area contributed by atoms with Crippen LogP contribution < -0.4 is 9.80 Å². The van der Waals surface area contributed by atoms with Gasteiger partial charge in [0.05, 0.1) is 5.92 Å². The summed E-state index contributed by atoms with van der Waals surface area (Å²) < 4.78 is 0. The zero-order chi connectivity index (χ0) is 19.0. The van der Waals surface area contributed by atoms with E-state index in [4.69, 9.17) is 0 Å². The van der Waals surface area contributed by atoms with Gasteiger partial charge in [-0.3, -0.25) is 9.59 Å². The maximum Gasteiger partial charge on any atom is 0.232 e. The minimum Gasteiger partial charge on any atom is -0.312 e. The SMILES string of the molecule is CC(C)c1ccc(N2CC(C(=O)N3CCCc4ccccc43)CC2=O)cc1. The van der Waals surface area contributed by atoms with E-state index in [2.05, 4.69) is 32.0 Å². The smallest absolute Gasteiger partial charge is 0.232 e. The van der Waals surface area contributed by atoms with Gasteiger partial charge in [0.25, 0.3) is 0 Å². The Morgan fingerprint density at radius 3 is 2.56 bits per heavy atom. The van der Waals surface area contributed by atoms with Crippen LogP contribution in [-0.2, 0) is 16.0 Å². The summed E-state index contributed by atoms with van der Waals surface area (Å²) in [5.74, 6) is 0.308. The third kappa shape index (κ3) is 3.36. The summed E-state index contributed by atoms with van der Waals surface area (Å²) in [6.45, 7) is 5.52. The summed E-state index contributed by atoms with van der Waals surface area (Å²) >= 11 is 0. The Balaban J connectivity index is 1.52. The first-order valence-corrected chi connectivity index (χ1v) is 9.84. The Kier molecular flexibility index (Phi) is 4.73. The second kappa shape index (κ2) is 7.18. The first-order chi connectivity index (χ1) is 13.0. The van der Waals surface area contributed by atoms with Crippen LogP contribution in [0.25, 0.3) is 0 Å². The Hall–Kier alpha value is -2.62. The van der Waals surface area contributed by atoms with E-state index in [9.17, 15) is 9.59 Å². The van der Waals surface area contributed by atoms with Gasteiger partial charge in [-0.25, -0.2) is 0 Å². The van der Waals surface area contributed by atoms with Gasteiger partial charge in [-0.1, -0.05) is 44.2 Å². The predicted octanol–water partition coefficient (Wildman–Crippen LogP) is 4.14. The van der Waals surface area contributed by atoms with Gasteiger partial charge >= 0.3 is 0 Å². The Morgan fingerprint density at radius 1 is 1.07 bits per heavy atom. The molecule has 27 heavy (non-hydrogen) atoms. The fraction of sp³-hybridized carbons (Fsp3) is 0.391. The van der Waals surface area contributed by atoms with E-state index >= 15 is 0 Å². The molecule has 0 radical (unpaired) electrons. The monoisotopic (exact) mass is 362 g/mol. The first-order valence-electron chi connectivity index (χ1n) is 9.84. The van der Waals surface area contributed by atoms with Gasteiger partial charge in [-0.15, -0.1) is 0 Å². The van der Waals surface area contributed by atoms with Crippen molar-refractivity contribution in [3.05, 3.63) is 59.7 Å². The highest BCUT2D eigenvalue weighted by Crippen LogP contribution is 2.32. The van der Waals surface area contributed by atoms with Crippen LogP contribution in [0.5, 0.6) is 0 Å². The van der Waals surface area contributed by atoms with E-state index < -0.39 is 0 Å². The van der Waals surface area contributed by atoms with Crippen molar-refractivity contribution in [2.24, 2.45) is 5.92 Å². The van der Waals surface area contributed by atoms with Crippen LogP contribution in [0, 0.1) is 5.92 Å². The maximum atomic E-state index is 13.2. The Labute approximate surface area is 160 Å². The van der Waals surface area contributed by atoms with E-state index in [1.165, 1.54) is 11.1 Å². The second-order valence-corrected chi connectivity index (χ2v) is 7.87. The molecule has 4 rings (SSSR count). The molecule has 1 saturated heterocycles. The van der Waals surface area contributed by atoms with Crippen LogP contribution in [0.2, 0.25) is 0 Å². The number of anilines is 2. The summed E-state index contributed by atoms with van der Waals surface area (Å²) in [6, 6.07) is 16.3. The zero-order valence-electron chi connectivity index (χ0n) is 16.0. The average Bonchev–Trinajstić information content (AvgIpc) is 3.08. The third-order valence-corrected chi connectivity index (χ3v) is 5.72. The number of benzene rings is 2. The molecule has 2 heterocycles. The molecule has 2 aliphatic heterocycles. The van der Waals surface area contributed by atoms with Crippen molar-refractivity contribution in [2.45, 2.75) is 39.0 Å². The lowest BCUT2D eigenvalue weighted by Gasteiger charge is -2.31. The highest BCUT2D eigenvalue weighted by atomic mass is 16.2. The molecule has 2 aromatic carbocycles. The number of para-hydroxylation sites is 1. The van der Waals surface area contributed by atoms with Gasteiger partial charge in [-0.05, 0) is 48.1 Å². The molecule has 4 heteroatoms. The quantitative estimate of drug-likeness (QED) is 0.823. The van der Waals surface area contributed by atoms with E-state index in [-0.39, 0.29) is 17.7 Å². The zero-order valence-corrected chi connectivity index (χ0v) is 16.0. The molecule has 2 aliphatic rings. The minimum atomic E-state index is -0.270. The number of aryl methyl sites for hydroxylation is 1. The average molecular weight is 362 g/mol. The summed E-state index contributed by atoms with van der Waals surface area (Å²) in [7, 11) is 0. The molecule has 0 N–H and O–H groups in total. The number of hydrogen-bond acceptors (Lipinski definition) is 2. The number of nitrogens with zero attached hydrogens (tertiary/aromatic N) is 2. The Bertz CT molecular complexity index is 857. The predicted molar refractivity (Wildman–Crippen MR) is 108 cm³/mol. The number of hydrogen-bond donors (Lipinski definition) is 0. The molecule has 0 bridgehead atoms. The van der Waals surface area contributed by atoms with Crippen LogP contribution >= 0.6 is 0 Å². The number of carbonyl (C=O) groups is 2. The lowest BCUT2D eigenvalue weighted by Crippen LogP contribution is -2.40. The lowest BCUT2D eigenvalue weighted by atomic mass is 9.99. The van der Waals surface area contributed by atoms with Gasteiger partial charge in [0.2, 0.25) is 11.8 Å². The maximum absolute atomic E-state index is 13.2. The highest BCUT2D eigenvalue weighted by Gasteiger charge is 2.38. The molecule has 2 aromatic rings. The lowest BCUT2D eigenvalue weighted by molar-refractivity contribution is -0.124. The molecular weight excluding hydrogens is 336 g/mol. The molecule has 0 aromatic heterocycles. The molecule has 1 fully saturated rings. The highest BCUT2D eigenvalue weighted by molar-refractivity contribution is 6.04. The largest absolute Gasteiger partial charge is 0.312 e. The van der Waals surface area contributed by atoms with Crippen LogP contribution in [0.15, 0.2) is 48.5 Å². The molecular formula is C23H26N2O2. The number of carbonyl (C=O) groups excluding carboxylic acids is 2. The normalized spacial score (nSPS) is 19.5. The van der Waals surface area contributed by atoms with Crippen LogP contribution in [0.4, 0.5) is 11.4 Å². The van der Waals surface area contributed by atoms with Crippen LogP contribution in [-0.4, -0.2) is 24.9 Å². The fourth-order valence-electron chi connectivity index (χ4n) is 4.14. The van der Waals surface area contributed by atoms with Crippen molar-refractivity contribution in [3.63, 3.8) is 0 Å². The molecule has 0 spiro atoms. The molecule has 0 aliphatic carbocycles. The van der Waals surface area contributed by atoms with Crippen molar-refractivity contribution in [1.29, 1.82) is 0 Å². The van der Waals surface area contributed by atoms with E-state index in [1.54, 1.807) is 4.90 Å². The topological polar surface area (TPSA) is 40.6 Å². The van der Waals surface area contributed by atoms with Crippen molar-refractivity contribution in [3.8, 4) is 0 Å². The second-order valence-electron chi connectivity index (χ2n) is 7.87. The van der Waals surface area contributed by atoms with Crippen molar-refractivity contribution in [1.82, 2.24) is 0 Å². The molecule has 1 atom stereocenters. The summed E-state index contributed by atoms with van der Waals surface area (Å²) in [6.07, 6.45) is 2.28. The fourth-order valence-corrected chi connectivity index (χ4v) is 4.14. The standard InChI is InChI=1S/C23H26N2O2/c1-16(2)17-9-11-20(12-10-17)25-15-19(14-22(25)26)23(27)24-13-5-7-18-6-3-4-8-21(18)24/h3-4,6,8-12,16,19H,5,7,13-15H2,1-2H3. The summed E-state index contributed by atoms with van der Waals surface area (Å²) in [5.41, 5.74) is 4.38. The number of amides is 2. The number of rotatable bonds is 3. The van der Waals surface area contributed by atoms with Crippen molar-refractivity contribution >= 4 is 23.2 Å². The summed E-state index contributed by atoms with van der Waals surface area (Å²) in [5, 5.41) is 0. The van der Waals surface area contributed by atoms with Gasteiger partial charge in [0.15, 0.2) is 0 Å². The van der Waals surface area contributed by atoms with Crippen molar-refractivity contribution < 1.29 is 9.59 Å². The molecule has 0 saturated carbocycles. The van der Waals surface area contributed by atoms with Crippen LogP contribution in [0.1, 0.15) is 43.7 Å². The number of fused-ring (bicyclic) bond motifs is 1. The van der Waals surface area contributed by atoms with Gasteiger partial charge in [-0.2, -0.15) is 0 Å². The van der Waals surface area contributed by atoms with Gasteiger partial charge < -0.3 is 9.80 Å². The van der Waals surface area contributed by atoms with Gasteiger partial charge in [0, 0.05) is 30.9 Å². The molecule has 140 valence electrons. The molecule has 4 nitrogen and oxygen atoms in total. The third-order valence-electron chi connectivity index (χ3n) is 5.72. The minimum absolute atomic E-state index is 0.0379. The van der Waals surface area contributed by atoms with E-state index in [0.717, 1.165) is 30.8 Å². The summed E-state index contributed by atoms with van der Waals surface area (Å²) in [4.78, 5) is 29.4. The van der Waals surface area contributed by atoms with E-state index in [0.29, 0.717) is 18.9 Å². The molecule has 1 unspecified atom stereocenters. The molecule has 2 amide bonds. The first kappa shape index (κ1) is 17.8. The van der Waals surface area contributed by atoms with Gasteiger partial charge in [0.1, 0.15) is 0 Å². The Morgan fingerprint density at radius 2 is 1.81 bits per heavy atom. The van der Waals surface area contributed by atoms with Crippen LogP contribution in [0.3, 0.4) is 0 Å². The van der Waals surface area contributed by atoms with Crippen molar-refractivity contribution in [2.75, 3.05) is 22.9 Å². The van der Waals surface area contributed by atoms with E-state index in [1.807, 2.05) is 35.2 Å².